The van der Waals surface area contributed by atoms with Crippen molar-refractivity contribution in [1.29, 1.82) is 0 Å². The van der Waals surface area contributed by atoms with Crippen LogP contribution in [0.4, 0.5) is 0 Å². The van der Waals surface area contributed by atoms with Crippen molar-refractivity contribution in [2.45, 2.75) is 25.3 Å². The van der Waals surface area contributed by atoms with Gasteiger partial charge in [0.05, 0.1) is 10.0 Å². The molecule has 3 rings (SSSR count). The molecule has 108 valence electrons. The molecule has 1 aliphatic carbocycles. The van der Waals surface area contributed by atoms with Crippen LogP contribution in [-0.4, -0.2) is 36.5 Å². The molecule has 1 aliphatic heterocycles. The fourth-order valence-electron chi connectivity index (χ4n) is 3.00. The van der Waals surface area contributed by atoms with Crippen molar-refractivity contribution in [3.8, 4) is 0 Å². The third kappa shape index (κ3) is 2.54. The molecule has 0 spiro atoms. The van der Waals surface area contributed by atoms with Gasteiger partial charge < -0.3 is 10.2 Å². The molecule has 3 atom stereocenters. The van der Waals surface area contributed by atoms with Crippen molar-refractivity contribution in [1.82, 2.24) is 10.2 Å². The maximum atomic E-state index is 12.6. The molecule has 2 aliphatic rings. The van der Waals surface area contributed by atoms with E-state index in [1.165, 1.54) is 0 Å². The summed E-state index contributed by atoms with van der Waals surface area (Å²) in [4.78, 5) is 14.6. The van der Waals surface area contributed by atoms with Crippen molar-refractivity contribution in [2.75, 3.05) is 19.6 Å². The minimum Gasteiger partial charge on any atom is -0.337 e. The van der Waals surface area contributed by atoms with Crippen LogP contribution >= 0.6 is 23.2 Å². The Morgan fingerprint density at radius 1 is 1.40 bits per heavy atom. The Bertz CT molecular complexity index is 535. The number of hydrogen-bond donors (Lipinski definition) is 1. The summed E-state index contributed by atoms with van der Waals surface area (Å²) in [6, 6.07) is 5.93. The first-order valence-corrected chi connectivity index (χ1v) is 7.80. The van der Waals surface area contributed by atoms with Gasteiger partial charge >= 0.3 is 0 Å². The molecule has 1 aromatic rings. The van der Waals surface area contributed by atoms with Gasteiger partial charge in [0.2, 0.25) is 5.91 Å². The number of piperazine rings is 1. The fraction of sp³-hybridized carbons (Fsp3) is 0.533. The summed E-state index contributed by atoms with van der Waals surface area (Å²) in [7, 11) is 0. The Kier molecular flexibility index (Phi) is 3.93. The van der Waals surface area contributed by atoms with Gasteiger partial charge in [0.1, 0.15) is 0 Å². The third-order valence-corrected chi connectivity index (χ3v) is 5.11. The maximum Gasteiger partial charge on any atom is 0.226 e. The average molecular weight is 313 g/mol. The zero-order valence-corrected chi connectivity index (χ0v) is 12.9. The van der Waals surface area contributed by atoms with E-state index < -0.39 is 0 Å². The minimum atomic E-state index is 0.0755. The number of nitrogens with zero attached hydrogens (tertiary/aromatic N) is 1. The fourth-order valence-corrected chi connectivity index (χ4v) is 3.45. The highest BCUT2D eigenvalue weighted by Gasteiger charge is 2.47. The lowest BCUT2D eigenvalue weighted by atomic mass is 10.1. The van der Waals surface area contributed by atoms with Gasteiger partial charge in [-0.25, -0.2) is 0 Å². The molecule has 1 amide bonds. The number of benzene rings is 1. The van der Waals surface area contributed by atoms with Crippen LogP contribution < -0.4 is 5.32 Å². The molecule has 1 saturated heterocycles. The summed E-state index contributed by atoms with van der Waals surface area (Å²) >= 11 is 12.3. The summed E-state index contributed by atoms with van der Waals surface area (Å²) in [5, 5.41) is 4.47. The molecule has 20 heavy (non-hydrogen) atoms. The normalized spacial score (nSPS) is 29.4. The van der Waals surface area contributed by atoms with E-state index >= 15 is 0 Å². The lowest BCUT2D eigenvalue weighted by Gasteiger charge is -2.34. The van der Waals surface area contributed by atoms with Crippen molar-refractivity contribution in [3.63, 3.8) is 0 Å². The summed E-state index contributed by atoms with van der Waals surface area (Å²) in [5.74, 6) is 0.572. The van der Waals surface area contributed by atoms with Crippen LogP contribution in [0.3, 0.4) is 0 Å². The van der Waals surface area contributed by atoms with E-state index in [0.29, 0.717) is 10.0 Å². The van der Waals surface area contributed by atoms with Crippen LogP contribution in [0.25, 0.3) is 0 Å². The van der Waals surface area contributed by atoms with Gasteiger partial charge in [0.15, 0.2) is 0 Å². The van der Waals surface area contributed by atoms with Crippen LogP contribution in [0.2, 0.25) is 10.0 Å². The Morgan fingerprint density at radius 2 is 2.20 bits per heavy atom. The van der Waals surface area contributed by atoms with E-state index in [0.717, 1.165) is 31.6 Å². The Morgan fingerprint density at radius 3 is 2.95 bits per heavy atom. The Labute approximate surface area is 129 Å². The highest BCUT2D eigenvalue weighted by Crippen LogP contribution is 2.51. The van der Waals surface area contributed by atoms with Crippen LogP contribution in [0.15, 0.2) is 18.2 Å². The zero-order chi connectivity index (χ0) is 14.3. The lowest BCUT2D eigenvalue weighted by Crippen LogP contribution is -2.52. The quantitative estimate of drug-likeness (QED) is 0.910. The first-order chi connectivity index (χ1) is 9.59. The monoisotopic (exact) mass is 312 g/mol. The van der Waals surface area contributed by atoms with Crippen LogP contribution in [0, 0.1) is 5.92 Å². The summed E-state index contributed by atoms with van der Waals surface area (Å²) in [6.07, 6.45) is 0.884. The molecule has 5 heteroatoms. The first-order valence-electron chi connectivity index (χ1n) is 7.04. The average Bonchev–Trinajstić information content (AvgIpc) is 3.22. The number of nitrogens with one attached hydrogen (secondary N) is 1. The molecule has 0 bridgehead atoms. The summed E-state index contributed by atoms with van der Waals surface area (Å²) in [6.45, 7) is 4.65. The molecule has 1 saturated carbocycles. The summed E-state index contributed by atoms with van der Waals surface area (Å²) in [5.41, 5.74) is 1.01. The molecule has 1 N–H and O–H groups in total. The SMILES string of the molecule is C[C@H]1CNCCN1C(=O)C1CC1c1cccc(Cl)c1Cl. The first kappa shape index (κ1) is 14.2. The smallest absolute Gasteiger partial charge is 0.226 e. The largest absolute Gasteiger partial charge is 0.337 e. The van der Waals surface area contributed by atoms with Crippen molar-refractivity contribution in [3.05, 3.63) is 33.8 Å². The number of carbonyl (C=O) groups is 1. The summed E-state index contributed by atoms with van der Waals surface area (Å²) < 4.78 is 0. The molecular weight excluding hydrogens is 295 g/mol. The van der Waals surface area contributed by atoms with Crippen LogP contribution in [-0.2, 0) is 4.79 Å². The van der Waals surface area contributed by atoms with E-state index in [2.05, 4.69) is 12.2 Å². The number of hydrogen-bond acceptors (Lipinski definition) is 2. The molecule has 2 unspecified atom stereocenters. The Hall–Kier alpha value is -0.770. The standard InChI is InChI=1S/C15H18Cl2N2O/c1-9-8-18-5-6-19(9)15(20)12-7-11(12)10-3-2-4-13(16)14(10)17/h2-4,9,11-12,18H,5-8H2,1H3/t9-,11?,12?/m0/s1. The molecular formula is C15H18Cl2N2O. The molecule has 1 aromatic carbocycles. The molecule has 1 heterocycles. The second-order valence-electron chi connectivity index (χ2n) is 5.68. The van der Waals surface area contributed by atoms with E-state index in [4.69, 9.17) is 23.2 Å². The third-order valence-electron chi connectivity index (χ3n) is 4.27. The van der Waals surface area contributed by atoms with Gasteiger partial charge in [-0.2, -0.15) is 0 Å². The van der Waals surface area contributed by atoms with Gasteiger partial charge in [-0.15, -0.1) is 0 Å². The van der Waals surface area contributed by atoms with Gasteiger partial charge in [0, 0.05) is 31.6 Å². The van der Waals surface area contributed by atoms with Crippen molar-refractivity contribution >= 4 is 29.1 Å². The Balaban J connectivity index is 1.72. The molecule has 3 nitrogen and oxygen atoms in total. The predicted octanol–water partition coefficient (Wildman–Crippen LogP) is 2.92. The number of carbonyl (C=O) groups excluding carboxylic acids is 1. The van der Waals surface area contributed by atoms with E-state index in [-0.39, 0.29) is 23.8 Å². The van der Waals surface area contributed by atoms with Gasteiger partial charge in [-0.1, -0.05) is 35.3 Å². The van der Waals surface area contributed by atoms with E-state index in [1.54, 1.807) is 6.07 Å². The molecule has 2 fully saturated rings. The number of halogens is 2. The highest BCUT2D eigenvalue weighted by atomic mass is 35.5. The second-order valence-corrected chi connectivity index (χ2v) is 6.46. The second kappa shape index (κ2) is 5.55. The lowest BCUT2D eigenvalue weighted by molar-refractivity contribution is -0.135. The van der Waals surface area contributed by atoms with Gasteiger partial charge in [-0.05, 0) is 30.9 Å². The van der Waals surface area contributed by atoms with Crippen molar-refractivity contribution < 1.29 is 4.79 Å². The van der Waals surface area contributed by atoms with Gasteiger partial charge in [-0.3, -0.25) is 4.79 Å². The molecule has 0 aromatic heterocycles. The van der Waals surface area contributed by atoms with E-state index in [1.807, 2.05) is 17.0 Å². The topological polar surface area (TPSA) is 32.3 Å². The van der Waals surface area contributed by atoms with Crippen molar-refractivity contribution in [2.24, 2.45) is 5.92 Å². The van der Waals surface area contributed by atoms with Crippen LogP contribution in [0.1, 0.15) is 24.8 Å². The highest BCUT2D eigenvalue weighted by molar-refractivity contribution is 6.42. The number of amides is 1. The zero-order valence-electron chi connectivity index (χ0n) is 11.4. The number of rotatable bonds is 2. The van der Waals surface area contributed by atoms with E-state index in [9.17, 15) is 4.79 Å². The van der Waals surface area contributed by atoms with Crippen LogP contribution in [0.5, 0.6) is 0 Å². The molecule has 0 radical (unpaired) electrons. The predicted molar refractivity (Wildman–Crippen MR) is 81.4 cm³/mol. The maximum absolute atomic E-state index is 12.6. The van der Waals surface area contributed by atoms with Gasteiger partial charge in [0.25, 0.3) is 0 Å². The minimum absolute atomic E-state index is 0.0755.